The highest BCUT2D eigenvalue weighted by molar-refractivity contribution is 5.76. The van der Waals surface area contributed by atoms with Crippen LogP contribution in [0.1, 0.15) is 450 Å². The van der Waals surface area contributed by atoms with E-state index < -0.39 is 12.1 Å². The Hall–Kier alpha value is -2.18. The number of carbonyl (C=O) groups excluding carboxylic acids is 2. The van der Waals surface area contributed by atoms with Crippen LogP contribution in [0.3, 0.4) is 0 Å². The minimum absolute atomic E-state index is 0.0158. The second-order valence-electron chi connectivity index (χ2n) is 28.1. The molecule has 0 radical (unpaired) electrons. The molecule has 6 nitrogen and oxygen atoms in total. The van der Waals surface area contributed by atoms with Crippen LogP contribution >= 0.6 is 0 Å². The summed E-state index contributed by atoms with van der Waals surface area (Å²) < 4.78 is 5.51. The molecule has 0 aromatic rings. The largest absolute Gasteiger partial charge is 0.466 e. The van der Waals surface area contributed by atoms with Crippen molar-refractivity contribution in [1.82, 2.24) is 5.32 Å². The number of hydrogen-bond donors (Lipinski definition) is 3. The summed E-state index contributed by atoms with van der Waals surface area (Å²) in [6.07, 6.45) is 105. The Morgan fingerprint density at radius 2 is 0.556 bits per heavy atom. The Morgan fingerprint density at radius 3 is 0.856 bits per heavy atom. The van der Waals surface area contributed by atoms with Gasteiger partial charge >= 0.3 is 5.97 Å². The van der Waals surface area contributed by atoms with Crippen molar-refractivity contribution in [2.24, 2.45) is 0 Å². The molecule has 0 aliphatic rings. The van der Waals surface area contributed by atoms with E-state index in [-0.39, 0.29) is 18.5 Å². The second kappa shape index (κ2) is 79.3. The third kappa shape index (κ3) is 74.9. The summed E-state index contributed by atoms with van der Waals surface area (Å²) in [4.78, 5) is 24.6. The Labute approximate surface area is 563 Å². The van der Waals surface area contributed by atoms with Gasteiger partial charge in [-0.05, 0) is 89.9 Å². The van der Waals surface area contributed by atoms with Crippen molar-refractivity contribution in [3.63, 3.8) is 0 Å². The molecule has 90 heavy (non-hydrogen) atoms. The number of nitrogens with one attached hydrogen (secondary N) is 1. The smallest absolute Gasteiger partial charge is 0.305 e. The molecule has 0 saturated heterocycles. The Kier molecular flexibility index (Phi) is 77.3. The summed E-state index contributed by atoms with van der Waals surface area (Å²) >= 11 is 0. The number of amides is 1. The van der Waals surface area contributed by atoms with Gasteiger partial charge in [0.2, 0.25) is 5.91 Å². The normalized spacial score (nSPS) is 12.7. The molecule has 0 aromatic carbocycles. The van der Waals surface area contributed by atoms with Crippen LogP contribution < -0.4 is 5.32 Å². The van der Waals surface area contributed by atoms with Crippen LogP contribution in [-0.4, -0.2) is 47.4 Å². The van der Waals surface area contributed by atoms with Gasteiger partial charge in [-0.15, -0.1) is 0 Å². The van der Waals surface area contributed by atoms with Crippen molar-refractivity contribution in [2.45, 2.75) is 463 Å². The Morgan fingerprint density at radius 1 is 0.311 bits per heavy atom. The van der Waals surface area contributed by atoms with Gasteiger partial charge in [0.25, 0.3) is 0 Å². The fourth-order valence-corrected chi connectivity index (χ4v) is 12.8. The average molecular weight is 1260 g/mol. The lowest BCUT2D eigenvalue weighted by atomic mass is 10.0. The number of rotatable bonds is 77. The van der Waals surface area contributed by atoms with E-state index in [0.717, 1.165) is 51.4 Å². The lowest BCUT2D eigenvalue weighted by Crippen LogP contribution is -2.45. The molecule has 0 aliphatic carbocycles. The first-order valence-electron chi connectivity index (χ1n) is 40.9. The lowest BCUT2D eigenvalue weighted by molar-refractivity contribution is -0.143. The van der Waals surface area contributed by atoms with E-state index in [1.165, 1.54) is 372 Å². The van der Waals surface area contributed by atoms with Crippen LogP contribution in [0.5, 0.6) is 0 Å². The van der Waals surface area contributed by atoms with Crippen LogP contribution in [-0.2, 0) is 14.3 Å². The highest BCUT2D eigenvalue weighted by atomic mass is 16.5. The fourth-order valence-electron chi connectivity index (χ4n) is 12.8. The van der Waals surface area contributed by atoms with Gasteiger partial charge in [-0.25, -0.2) is 0 Å². The van der Waals surface area contributed by atoms with Crippen LogP contribution in [0.2, 0.25) is 0 Å². The highest BCUT2D eigenvalue weighted by Gasteiger charge is 2.18. The van der Waals surface area contributed by atoms with E-state index in [1.807, 2.05) is 6.08 Å². The van der Waals surface area contributed by atoms with E-state index in [2.05, 4.69) is 55.6 Å². The maximum Gasteiger partial charge on any atom is 0.305 e. The zero-order valence-electron chi connectivity index (χ0n) is 60.9. The van der Waals surface area contributed by atoms with Gasteiger partial charge in [0, 0.05) is 12.8 Å². The number of ether oxygens (including phenoxy) is 1. The summed E-state index contributed by atoms with van der Waals surface area (Å²) in [5.41, 5.74) is 0. The predicted octanol–water partition coefficient (Wildman–Crippen LogP) is 27.2. The molecule has 2 unspecified atom stereocenters. The van der Waals surface area contributed by atoms with Crippen molar-refractivity contribution < 1.29 is 24.5 Å². The van der Waals surface area contributed by atoms with Crippen LogP contribution in [0, 0.1) is 0 Å². The van der Waals surface area contributed by atoms with E-state index in [9.17, 15) is 19.8 Å². The number of aliphatic hydroxyl groups excluding tert-OH is 2. The number of allylic oxidation sites excluding steroid dienone is 7. The minimum Gasteiger partial charge on any atom is -0.466 e. The van der Waals surface area contributed by atoms with E-state index >= 15 is 0 Å². The van der Waals surface area contributed by atoms with Crippen molar-refractivity contribution >= 4 is 11.9 Å². The first-order valence-corrected chi connectivity index (χ1v) is 40.9. The Balaban J connectivity index is 3.37. The summed E-state index contributed by atoms with van der Waals surface area (Å²) in [5, 5.41) is 23.3. The molecule has 0 aromatic heterocycles. The molecule has 0 fully saturated rings. The zero-order valence-corrected chi connectivity index (χ0v) is 60.9. The number of hydrogen-bond acceptors (Lipinski definition) is 5. The summed E-state index contributed by atoms with van der Waals surface area (Å²) in [6.45, 7) is 4.94. The van der Waals surface area contributed by atoms with Crippen molar-refractivity contribution in [3.05, 3.63) is 48.6 Å². The number of unbranched alkanes of at least 4 members (excludes halogenated alkanes) is 60. The summed E-state index contributed by atoms with van der Waals surface area (Å²) in [5.74, 6) is -0.0457. The molecule has 0 spiro atoms. The van der Waals surface area contributed by atoms with E-state index in [1.54, 1.807) is 6.08 Å². The standard InChI is InChI=1S/C84H159NO5/c1-3-5-7-9-11-13-15-17-19-21-41-45-48-52-56-60-64-68-72-76-82(87)81(80-86)85-83(88)77-73-69-65-61-57-53-49-46-42-39-37-35-33-31-29-27-25-23-22-24-26-28-30-32-34-36-38-40-43-47-51-55-59-63-67-71-75-79-90-84(89)78-74-70-66-62-58-54-50-44-20-18-16-14-12-10-8-6-4-2/h18,20,22,24,28,30,72,76,81-82,86-87H,3-17,19,21,23,25-27,29,31-71,73-75,77-80H2,1-2H3,(H,85,88)/b20-18-,24-22-,30-28-,76-72+. The monoisotopic (exact) mass is 1260 g/mol. The maximum atomic E-state index is 12.5. The number of aliphatic hydroxyl groups is 2. The van der Waals surface area contributed by atoms with Gasteiger partial charge in [-0.2, -0.15) is 0 Å². The summed E-state index contributed by atoms with van der Waals surface area (Å²) in [6, 6.07) is -0.627. The molecule has 0 heterocycles. The molecular weight excluding hydrogens is 1100 g/mol. The quantitative estimate of drug-likeness (QED) is 0.0320. The fraction of sp³-hybridized carbons (Fsp3) is 0.881. The van der Waals surface area contributed by atoms with Crippen molar-refractivity contribution in [2.75, 3.05) is 13.2 Å². The molecule has 1 amide bonds. The molecule has 6 heteroatoms. The van der Waals surface area contributed by atoms with Crippen LogP contribution in [0.4, 0.5) is 0 Å². The molecule has 0 bridgehead atoms. The zero-order chi connectivity index (χ0) is 64.9. The summed E-state index contributed by atoms with van der Waals surface area (Å²) in [7, 11) is 0. The number of carbonyl (C=O) groups is 2. The molecule has 0 aliphatic heterocycles. The molecule has 0 saturated carbocycles. The third-order valence-corrected chi connectivity index (χ3v) is 19.1. The van der Waals surface area contributed by atoms with Gasteiger partial charge in [0.05, 0.1) is 25.4 Å². The Bertz CT molecular complexity index is 1500. The number of esters is 1. The molecule has 3 N–H and O–H groups in total. The highest BCUT2D eigenvalue weighted by Crippen LogP contribution is 2.19. The molecule has 2 atom stereocenters. The minimum atomic E-state index is -0.844. The maximum absolute atomic E-state index is 12.5. The second-order valence-corrected chi connectivity index (χ2v) is 28.1. The molecule has 0 rings (SSSR count). The first-order chi connectivity index (χ1) is 44.5. The van der Waals surface area contributed by atoms with Gasteiger partial charge in [-0.3, -0.25) is 9.59 Å². The van der Waals surface area contributed by atoms with Crippen molar-refractivity contribution in [1.29, 1.82) is 0 Å². The lowest BCUT2D eigenvalue weighted by Gasteiger charge is -2.20. The first kappa shape index (κ1) is 87.8. The van der Waals surface area contributed by atoms with E-state index in [0.29, 0.717) is 19.4 Å². The van der Waals surface area contributed by atoms with Gasteiger partial charge < -0.3 is 20.3 Å². The SMILES string of the molecule is CCCCCCCC/C=C\CCCCCCCCCC(=O)OCCCCCCCCCCCCCCC/C=C\C/C=C\CCCCCCCCCCCCCCCCCCCC(=O)NC(CO)C(O)/C=C/CCCCCCCCCCCCCCCCCCC. The average Bonchev–Trinajstić information content (AvgIpc) is 3.58. The molecule has 530 valence electrons. The van der Waals surface area contributed by atoms with Gasteiger partial charge in [-0.1, -0.05) is 396 Å². The topological polar surface area (TPSA) is 95.9 Å². The third-order valence-electron chi connectivity index (χ3n) is 19.1. The van der Waals surface area contributed by atoms with Crippen LogP contribution in [0.15, 0.2) is 48.6 Å². The van der Waals surface area contributed by atoms with Gasteiger partial charge in [0.1, 0.15) is 0 Å². The molecular formula is C84H159NO5. The van der Waals surface area contributed by atoms with Crippen LogP contribution in [0.25, 0.3) is 0 Å². The van der Waals surface area contributed by atoms with Gasteiger partial charge in [0.15, 0.2) is 0 Å². The predicted molar refractivity (Wildman–Crippen MR) is 398 cm³/mol. The van der Waals surface area contributed by atoms with Crippen molar-refractivity contribution in [3.8, 4) is 0 Å². The van der Waals surface area contributed by atoms with E-state index in [4.69, 9.17) is 4.74 Å².